The van der Waals surface area contributed by atoms with Gasteiger partial charge in [0.05, 0.1) is 27.0 Å². The third-order valence-corrected chi connectivity index (χ3v) is 4.18. The van der Waals surface area contributed by atoms with E-state index in [9.17, 15) is 4.79 Å². The second kappa shape index (κ2) is 9.41. The van der Waals surface area contributed by atoms with Crippen LogP contribution < -0.4 is 14.8 Å². The quantitative estimate of drug-likeness (QED) is 0.612. The van der Waals surface area contributed by atoms with E-state index in [1.807, 2.05) is 47.3 Å². The van der Waals surface area contributed by atoms with Gasteiger partial charge in [0.1, 0.15) is 0 Å². The minimum atomic E-state index is -0.175. The van der Waals surface area contributed by atoms with Gasteiger partial charge in [-0.3, -0.25) is 9.48 Å². The number of aromatic nitrogens is 2. The van der Waals surface area contributed by atoms with Crippen molar-refractivity contribution in [2.45, 2.75) is 13.1 Å². The van der Waals surface area contributed by atoms with E-state index < -0.39 is 0 Å². The molecule has 0 saturated heterocycles. The van der Waals surface area contributed by atoms with Crippen LogP contribution >= 0.6 is 0 Å². The number of carbonyl (C=O) groups is 1. The number of rotatable bonds is 8. The van der Waals surface area contributed by atoms with Crippen LogP contribution in [0.1, 0.15) is 16.7 Å². The van der Waals surface area contributed by atoms with E-state index >= 15 is 0 Å². The van der Waals surface area contributed by atoms with E-state index in [0.29, 0.717) is 24.6 Å². The lowest BCUT2D eigenvalue weighted by Crippen LogP contribution is -2.20. The SMILES string of the molecule is COc1ccc(CNC(=O)/C=C/c2cnn(Cc3ccccc3)c2)cc1OC. The first-order valence-electron chi connectivity index (χ1n) is 8.91. The molecule has 6 heteroatoms. The van der Waals surface area contributed by atoms with Crippen molar-refractivity contribution in [1.82, 2.24) is 15.1 Å². The molecule has 0 atom stereocenters. The first-order valence-corrected chi connectivity index (χ1v) is 8.91. The third kappa shape index (κ3) is 5.23. The normalized spacial score (nSPS) is 10.8. The van der Waals surface area contributed by atoms with Crippen molar-refractivity contribution >= 4 is 12.0 Å². The molecule has 0 bridgehead atoms. The molecule has 2 aromatic carbocycles. The summed E-state index contributed by atoms with van der Waals surface area (Å²) in [6, 6.07) is 15.6. The molecule has 0 saturated carbocycles. The Kier molecular flexibility index (Phi) is 6.46. The number of nitrogens with zero attached hydrogens (tertiary/aromatic N) is 2. The number of amides is 1. The topological polar surface area (TPSA) is 65.4 Å². The Hall–Kier alpha value is -3.54. The first kappa shape index (κ1) is 19.2. The van der Waals surface area contributed by atoms with Crippen molar-refractivity contribution in [2.24, 2.45) is 0 Å². The zero-order chi connectivity index (χ0) is 19.8. The van der Waals surface area contributed by atoms with Crippen molar-refractivity contribution in [3.05, 3.63) is 83.7 Å². The van der Waals surface area contributed by atoms with E-state index in [0.717, 1.165) is 11.1 Å². The van der Waals surface area contributed by atoms with E-state index in [4.69, 9.17) is 9.47 Å². The van der Waals surface area contributed by atoms with Crippen molar-refractivity contribution < 1.29 is 14.3 Å². The van der Waals surface area contributed by atoms with Crippen LogP contribution in [-0.4, -0.2) is 29.9 Å². The van der Waals surface area contributed by atoms with Crippen LogP contribution in [0.15, 0.2) is 67.0 Å². The van der Waals surface area contributed by atoms with Crippen LogP contribution in [0.25, 0.3) is 6.08 Å². The first-order chi connectivity index (χ1) is 13.7. The van der Waals surface area contributed by atoms with Crippen molar-refractivity contribution in [2.75, 3.05) is 14.2 Å². The lowest BCUT2D eigenvalue weighted by molar-refractivity contribution is -0.116. The summed E-state index contributed by atoms with van der Waals surface area (Å²) in [6.07, 6.45) is 6.90. The highest BCUT2D eigenvalue weighted by atomic mass is 16.5. The minimum absolute atomic E-state index is 0.175. The molecule has 1 amide bonds. The summed E-state index contributed by atoms with van der Waals surface area (Å²) in [7, 11) is 3.17. The molecule has 0 unspecified atom stereocenters. The summed E-state index contributed by atoms with van der Waals surface area (Å²) in [5, 5.41) is 7.18. The van der Waals surface area contributed by atoms with Crippen LogP contribution in [0.3, 0.4) is 0 Å². The predicted octanol–water partition coefficient (Wildman–Crippen LogP) is 3.28. The van der Waals surface area contributed by atoms with Crippen LogP contribution in [0, 0.1) is 0 Å². The molecular weight excluding hydrogens is 354 g/mol. The molecule has 0 spiro atoms. The molecule has 0 aliphatic rings. The van der Waals surface area contributed by atoms with Crippen molar-refractivity contribution in [1.29, 1.82) is 0 Å². The molecule has 1 N–H and O–H groups in total. The van der Waals surface area contributed by atoms with E-state index in [2.05, 4.69) is 22.5 Å². The summed E-state index contributed by atoms with van der Waals surface area (Å²) >= 11 is 0. The highest BCUT2D eigenvalue weighted by Gasteiger charge is 2.05. The second-order valence-corrected chi connectivity index (χ2v) is 6.20. The molecule has 0 radical (unpaired) electrons. The van der Waals surface area contributed by atoms with Gasteiger partial charge in [0.2, 0.25) is 5.91 Å². The van der Waals surface area contributed by atoms with E-state index in [1.54, 1.807) is 26.5 Å². The molecular formula is C22H23N3O3. The number of ether oxygens (including phenoxy) is 2. The maximum Gasteiger partial charge on any atom is 0.244 e. The molecule has 1 aromatic heterocycles. The van der Waals surface area contributed by atoms with Gasteiger partial charge in [-0.15, -0.1) is 0 Å². The van der Waals surface area contributed by atoms with E-state index in [-0.39, 0.29) is 5.91 Å². The van der Waals surface area contributed by atoms with Crippen LogP contribution in [0.2, 0.25) is 0 Å². The fourth-order valence-electron chi connectivity index (χ4n) is 2.73. The number of nitrogens with one attached hydrogen (secondary N) is 1. The zero-order valence-corrected chi connectivity index (χ0v) is 16.0. The molecule has 0 aliphatic carbocycles. The number of hydrogen-bond donors (Lipinski definition) is 1. The molecule has 3 rings (SSSR count). The second-order valence-electron chi connectivity index (χ2n) is 6.20. The average molecular weight is 377 g/mol. The molecule has 28 heavy (non-hydrogen) atoms. The van der Waals surface area contributed by atoms with Crippen LogP contribution in [-0.2, 0) is 17.9 Å². The number of methoxy groups -OCH3 is 2. The Morgan fingerprint density at radius 2 is 1.86 bits per heavy atom. The fraction of sp³-hybridized carbons (Fsp3) is 0.182. The number of hydrogen-bond acceptors (Lipinski definition) is 4. The summed E-state index contributed by atoms with van der Waals surface area (Å²) in [5.74, 6) is 1.12. The van der Waals surface area contributed by atoms with Gasteiger partial charge in [0, 0.05) is 24.4 Å². The Balaban J connectivity index is 1.53. The van der Waals surface area contributed by atoms with E-state index in [1.165, 1.54) is 11.6 Å². The molecule has 0 aliphatic heterocycles. The van der Waals surface area contributed by atoms with Gasteiger partial charge in [0.15, 0.2) is 11.5 Å². The van der Waals surface area contributed by atoms with Gasteiger partial charge >= 0.3 is 0 Å². The molecule has 1 heterocycles. The Bertz CT molecular complexity index is 949. The van der Waals surface area contributed by atoms with Crippen LogP contribution in [0.5, 0.6) is 11.5 Å². The average Bonchev–Trinajstić information content (AvgIpc) is 3.18. The summed E-state index contributed by atoms with van der Waals surface area (Å²) in [5.41, 5.74) is 2.97. The predicted molar refractivity (Wildman–Crippen MR) is 108 cm³/mol. The van der Waals surface area contributed by atoms with Gasteiger partial charge in [-0.1, -0.05) is 36.4 Å². The Morgan fingerprint density at radius 1 is 1.07 bits per heavy atom. The maximum absolute atomic E-state index is 12.1. The lowest BCUT2D eigenvalue weighted by atomic mass is 10.2. The van der Waals surface area contributed by atoms with Gasteiger partial charge in [-0.05, 0) is 29.3 Å². The standard InChI is InChI=1S/C22H23N3O3/c1-27-20-10-8-18(12-21(20)28-2)13-23-22(26)11-9-19-14-24-25(16-19)15-17-6-4-3-5-7-17/h3-12,14,16H,13,15H2,1-2H3,(H,23,26)/b11-9+. The highest BCUT2D eigenvalue weighted by Crippen LogP contribution is 2.27. The monoisotopic (exact) mass is 377 g/mol. The number of benzene rings is 2. The van der Waals surface area contributed by atoms with Crippen molar-refractivity contribution in [3.63, 3.8) is 0 Å². The van der Waals surface area contributed by atoms with Gasteiger partial charge in [0.25, 0.3) is 0 Å². The summed E-state index contributed by atoms with van der Waals surface area (Å²) < 4.78 is 12.3. The Morgan fingerprint density at radius 3 is 2.61 bits per heavy atom. The highest BCUT2D eigenvalue weighted by molar-refractivity contribution is 5.91. The molecule has 3 aromatic rings. The summed E-state index contributed by atoms with van der Waals surface area (Å²) in [4.78, 5) is 12.1. The largest absolute Gasteiger partial charge is 0.493 e. The van der Waals surface area contributed by atoms with Crippen molar-refractivity contribution in [3.8, 4) is 11.5 Å². The molecule has 6 nitrogen and oxygen atoms in total. The number of carbonyl (C=O) groups excluding carboxylic acids is 1. The third-order valence-electron chi connectivity index (χ3n) is 4.18. The maximum atomic E-state index is 12.1. The molecule has 0 fully saturated rings. The van der Waals surface area contributed by atoms with Crippen LogP contribution in [0.4, 0.5) is 0 Å². The molecule has 144 valence electrons. The minimum Gasteiger partial charge on any atom is -0.493 e. The zero-order valence-electron chi connectivity index (χ0n) is 16.0. The lowest BCUT2D eigenvalue weighted by Gasteiger charge is -2.09. The van der Waals surface area contributed by atoms with Gasteiger partial charge in [-0.25, -0.2) is 0 Å². The Labute approximate surface area is 164 Å². The fourth-order valence-corrected chi connectivity index (χ4v) is 2.73. The van der Waals surface area contributed by atoms with Gasteiger partial charge in [-0.2, -0.15) is 5.10 Å². The smallest absolute Gasteiger partial charge is 0.244 e. The summed E-state index contributed by atoms with van der Waals surface area (Å²) in [6.45, 7) is 1.09. The van der Waals surface area contributed by atoms with Gasteiger partial charge < -0.3 is 14.8 Å².